The van der Waals surface area contributed by atoms with Crippen LogP contribution in [0.25, 0.3) is 0 Å². The highest BCUT2D eigenvalue weighted by molar-refractivity contribution is 5.30. The molecule has 0 aliphatic carbocycles. The van der Waals surface area contributed by atoms with Crippen LogP contribution < -0.4 is 4.74 Å². The Kier molecular flexibility index (Phi) is 6.85. The van der Waals surface area contributed by atoms with Crippen molar-refractivity contribution in [2.75, 3.05) is 7.11 Å². The van der Waals surface area contributed by atoms with Gasteiger partial charge in [0.1, 0.15) is 11.6 Å². The van der Waals surface area contributed by atoms with E-state index in [1.54, 1.807) is 12.1 Å². The van der Waals surface area contributed by atoms with Gasteiger partial charge in [-0.25, -0.2) is 4.39 Å². The Morgan fingerprint density at radius 3 is 2.58 bits per heavy atom. The SMILES string of the molecule is CCCCC(CC)CC(O)c1ccc(OC)cc1F. The lowest BCUT2D eigenvalue weighted by Crippen LogP contribution is -2.08. The first kappa shape index (κ1) is 16.0. The molecule has 0 saturated carbocycles. The van der Waals surface area contributed by atoms with Crippen molar-refractivity contribution in [2.45, 2.75) is 52.1 Å². The molecule has 0 bridgehead atoms. The first-order valence-corrected chi connectivity index (χ1v) is 7.13. The van der Waals surface area contributed by atoms with Crippen molar-refractivity contribution in [1.82, 2.24) is 0 Å². The van der Waals surface area contributed by atoms with Crippen molar-refractivity contribution in [3.63, 3.8) is 0 Å². The van der Waals surface area contributed by atoms with Crippen LogP contribution in [0.15, 0.2) is 18.2 Å². The third kappa shape index (κ3) is 4.83. The van der Waals surface area contributed by atoms with Gasteiger partial charge < -0.3 is 9.84 Å². The summed E-state index contributed by atoms with van der Waals surface area (Å²) < 4.78 is 18.8. The van der Waals surface area contributed by atoms with Gasteiger partial charge in [-0.2, -0.15) is 0 Å². The number of aliphatic hydroxyl groups excluding tert-OH is 1. The first-order chi connectivity index (χ1) is 9.12. The molecule has 3 heteroatoms. The molecule has 0 fully saturated rings. The number of hydrogen-bond acceptors (Lipinski definition) is 2. The van der Waals surface area contributed by atoms with Crippen molar-refractivity contribution < 1.29 is 14.2 Å². The van der Waals surface area contributed by atoms with Crippen LogP contribution in [0.1, 0.15) is 57.6 Å². The first-order valence-electron chi connectivity index (χ1n) is 7.13. The number of aliphatic hydroxyl groups is 1. The Balaban J connectivity index is 2.68. The highest BCUT2D eigenvalue weighted by atomic mass is 19.1. The molecule has 19 heavy (non-hydrogen) atoms. The van der Waals surface area contributed by atoms with Gasteiger partial charge in [0, 0.05) is 11.6 Å². The summed E-state index contributed by atoms with van der Waals surface area (Å²) in [5.74, 6) is 0.542. The molecular weight excluding hydrogens is 243 g/mol. The average Bonchev–Trinajstić information content (AvgIpc) is 2.42. The highest BCUT2D eigenvalue weighted by Crippen LogP contribution is 2.29. The van der Waals surface area contributed by atoms with Crippen LogP contribution in [0.2, 0.25) is 0 Å². The molecule has 0 spiro atoms. The van der Waals surface area contributed by atoms with E-state index in [9.17, 15) is 9.50 Å². The molecule has 1 N–H and O–H groups in total. The standard InChI is InChI=1S/C16H25FO2/c1-4-6-7-12(5-2)10-16(18)14-9-8-13(19-3)11-15(14)17/h8-9,11-12,16,18H,4-7,10H2,1-3H3. The molecule has 0 heterocycles. The normalized spacial score (nSPS) is 14.2. The molecule has 0 aliphatic heterocycles. The molecule has 0 amide bonds. The number of unbranched alkanes of at least 4 members (excludes halogenated alkanes) is 1. The van der Waals surface area contributed by atoms with Gasteiger partial charge in [0.2, 0.25) is 0 Å². The van der Waals surface area contributed by atoms with E-state index in [2.05, 4.69) is 13.8 Å². The smallest absolute Gasteiger partial charge is 0.132 e. The zero-order chi connectivity index (χ0) is 14.3. The molecular formula is C16H25FO2. The number of hydrogen-bond donors (Lipinski definition) is 1. The van der Waals surface area contributed by atoms with Gasteiger partial charge >= 0.3 is 0 Å². The van der Waals surface area contributed by atoms with Crippen molar-refractivity contribution >= 4 is 0 Å². The Labute approximate surface area is 115 Å². The van der Waals surface area contributed by atoms with Crippen molar-refractivity contribution in [1.29, 1.82) is 0 Å². The summed E-state index contributed by atoms with van der Waals surface area (Å²) in [5.41, 5.74) is 0.371. The van der Waals surface area contributed by atoms with Gasteiger partial charge in [0.15, 0.2) is 0 Å². The number of halogens is 1. The number of ether oxygens (including phenoxy) is 1. The van der Waals surface area contributed by atoms with Gasteiger partial charge in [-0.3, -0.25) is 0 Å². The van der Waals surface area contributed by atoms with Gasteiger partial charge in [-0.15, -0.1) is 0 Å². The molecule has 2 atom stereocenters. The monoisotopic (exact) mass is 268 g/mol. The van der Waals surface area contributed by atoms with Gasteiger partial charge in [0.25, 0.3) is 0 Å². The summed E-state index contributed by atoms with van der Waals surface area (Å²) in [5, 5.41) is 10.2. The van der Waals surface area contributed by atoms with Crippen LogP contribution in [0.5, 0.6) is 5.75 Å². The fraction of sp³-hybridized carbons (Fsp3) is 0.625. The second kappa shape index (κ2) is 8.16. The Morgan fingerprint density at radius 2 is 2.05 bits per heavy atom. The van der Waals surface area contributed by atoms with Crippen LogP contribution in [-0.2, 0) is 0 Å². The van der Waals surface area contributed by atoms with Crippen molar-refractivity contribution in [3.8, 4) is 5.75 Å². The average molecular weight is 268 g/mol. The summed E-state index contributed by atoms with van der Waals surface area (Å²) in [7, 11) is 1.50. The molecule has 2 unspecified atom stereocenters. The lowest BCUT2D eigenvalue weighted by molar-refractivity contribution is 0.135. The Hall–Kier alpha value is -1.09. The topological polar surface area (TPSA) is 29.5 Å². The number of benzene rings is 1. The minimum atomic E-state index is -0.729. The predicted molar refractivity (Wildman–Crippen MR) is 75.8 cm³/mol. The van der Waals surface area contributed by atoms with Gasteiger partial charge in [0.05, 0.1) is 13.2 Å². The Bertz CT molecular complexity index is 379. The predicted octanol–water partition coefficient (Wildman–Crippen LogP) is 4.47. The summed E-state index contributed by atoms with van der Waals surface area (Å²) in [4.78, 5) is 0. The highest BCUT2D eigenvalue weighted by Gasteiger charge is 2.18. The minimum Gasteiger partial charge on any atom is -0.497 e. The van der Waals surface area contributed by atoms with Crippen LogP contribution in [0.3, 0.4) is 0 Å². The van der Waals surface area contributed by atoms with E-state index in [1.165, 1.54) is 13.2 Å². The fourth-order valence-corrected chi connectivity index (χ4v) is 2.33. The lowest BCUT2D eigenvalue weighted by atomic mass is 9.90. The third-order valence-corrected chi connectivity index (χ3v) is 3.67. The molecule has 0 saturated heterocycles. The summed E-state index contributed by atoms with van der Waals surface area (Å²) in [6.45, 7) is 4.28. The zero-order valence-corrected chi connectivity index (χ0v) is 12.2. The molecule has 0 radical (unpaired) electrons. The molecule has 0 aromatic heterocycles. The molecule has 1 rings (SSSR count). The van der Waals surface area contributed by atoms with Gasteiger partial charge in [-0.1, -0.05) is 39.5 Å². The third-order valence-electron chi connectivity index (χ3n) is 3.67. The lowest BCUT2D eigenvalue weighted by Gasteiger charge is -2.19. The zero-order valence-electron chi connectivity index (χ0n) is 12.2. The van der Waals surface area contributed by atoms with E-state index >= 15 is 0 Å². The van der Waals surface area contributed by atoms with Gasteiger partial charge in [-0.05, 0) is 24.5 Å². The van der Waals surface area contributed by atoms with E-state index in [0.717, 1.165) is 25.7 Å². The van der Waals surface area contributed by atoms with Crippen molar-refractivity contribution in [2.24, 2.45) is 5.92 Å². The number of methoxy groups -OCH3 is 1. The van der Waals surface area contributed by atoms with E-state index in [-0.39, 0.29) is 0 Å². The maximum Gasteiger partial charge on any atom is 0.132 e. The van der Waals surface area contributed by atoms with E-state index in [1.807, 2.05) is 0 Å². The maximum atomic E-state index is 13.9. The van der Waals surface area contributed by atoms with E-state index in [4.69, 9.17) is 4.74 Å². The second-order valence-electron chi connectivity index (χ2n) is 5.06. The number of rotatable bonds is 8. The van der Waals surface area contributed by atoms with E-state index < -0.39 is 11.9 Å². The second-order valence-corrected chi connectivity index (χ2v) is 5.06. The maximum absolute atomic E-state index is 13.9. The van der Waals surface area contributed by atoms with E-state index in [0.29, 0.717) is 23.7 Å². The quantitative estimate of drug-likeness (QED) is 0.753. The fourth-order valence-electron chi connectivity index (χ4n) is 2.33. The largest absolute Gasteiger partial charge is 0.497 e. The summed E-state index contributed by atoms with van der Waals surface area (Å²) >= 11 is 0. The van der Waals surface area contributed by atoms with Crippen LogP contribution >= 0.6 is 0 Å². The molecule has 108 valence electrons. The van der Waals surface area contributed by atoms with Crippen LogP contribution in [0, 0.1) is 11.7 Å². The van der Waals surface area contributed by atoms with Crippen molar-refractivity contribution in [3.05, 3.63) is 29.6 Å². The Morgan fingerprint density at radius 1 is 1.32 bits per heavy atom. The molecule has 2 nitrogen and oxygen atoms in total. The molecule has 0 aliphatic rings. The molecule has 1 aromatic carbocycles. The molecule has 1 aromatic rings. The van der Waals surface area contributed by atoms with Crippen LogP contribution in [0.4, 0.5) is 4.39 Å². The summed E-state index contributed by atoms with van der Waals surface area (Å²) in [6.07, 6.45) is 4.34. The summed E-state index contributed by atoms with van der Waals surface area (Å²) in [6, 6.07) is 4.63. The minimum absolute atomic E-state index is 0.371. The van der Waals surface area contributed by atoms with Crippen LogP contribution in [-0.4, -0.2) is 12.2 Å².